The number of aryl methyl sites for hydroxylation is 2. The van der Waals surface area contributed by atoms with Gasteiger partial charge in [-0.25, -0.2) is 4.68 Å². The standard InChI is InChI=1S/C13H14ClN3O.ClH/c1-9-3-5-11(6-4-9)17-12(7-10(2)16-17)15-13(18)8-14;/h3-7H,8H2,1-2H3,(H,15,18);1H. The van der Waals surface area contributed by atoms with Crippen molar-refractivity contribution in [2.45, 2.75) is 13.8 Å². The molecule has 2 aromatic rings. The number of benzene rings is 1. The van der Waals surface area contributed by atoms with E-state index in [1.165, 1.54) is 5.56 Å². The van der Waals surface area contributed by atoms with Crippen molar-refractivity contribution in [3.63, 3.8) is 0 Å². The van der Waals surface area contributed by atoms with Gasteiger partial charge < -0.3 is 5.32 Å². The summed E-state index contributed by atoms with van der Waals surface area (Å²) < 4.78 is 1.69. The van der Waals surface area contributed by atoms with E-state index >= 15 is 0 Å². The molecule has 0 saturated heterocycles. The molecule has 0 aliphatic carbocycles. The van der Waals surface area contributed by atoms with Gasteiger partial charge in [-0.15, -0.1) is 24.0 Å². The zero-order valence-corrected chi connectivity index (χ0v) is 12.3. The Balaban J connectivity index is 0.00000180. The molecule has 0 unspecified atom stereocenters. The van der Waals surface area contributed by atoms with Gasteiger partial charge in [0.15, 0.2) is 0 Å². The van der Waals surface area contributed by atoms with Crippen molar-refractivity contribution < 1.29 is 4.79 Å². The van der Waals surface area contributed by atoms with Crippen LogP contribution in [0, 0.1) is 13.8 Å². The number of hydrogen-bond donors (Lipinski definition) is 1. The molecule has 0 radical (unpaired) electrons. The van der Waals surface area contributed by atoms with Crippen LogP contribution in [0.25, 0.3) is 5.69 Å². The molecular weight excluding hydrogens is 285 g/mol. The number of carbonyl (C=O) groups excluding carboxylic acids is 1. The summed E-state index contributed by atoms with van der Waals surface area (Å²) in [6, 6.07) is 9.72. The van der Waals surface area contributed by atoms with Crippen LogP contribution in [-0.4, -0.2) is 21.6 Å². The topological polar surface area (TPSA) is 46.9 Å². The predicted molar refractivity (Wildman–Crippen MR) is 79.6 cm³/mol. The molecule has 6 heteroatoms. The Morgan fingerprint density at radius 3 is 2.53 bits per heavy atom. The molecule has 0 atom stereocenters. The van der Waals surface area contributed by atoms with Crippen LogP contribution in [0.2, 0.25) is 0 Å². The Morgan fingerprint density at radius 1 is 1.32 bits per heavy atom. The summed E-state index contributed by atoms with van der Waals surface area (Å²) in [5.74, 6) is 0.310. The van der Waals surface area contributed by atoms with Gasteiger partial charge in [-0.3, -0.25) is 4.79 Å². The Bertz CT molecular complexity index is 564. The second-order valence-electron chi connectivity index (χ2n) is 4.10. The molecule has 1 heterocycles. The van der Waals surface area contributed by atoms with Crippen LogP contribution in [0.1, 0.15) is 11.3 Å². The number of alkyl halides is 1. The number of carbonyl (C=O) groups is 1. The number of nitrogens with zero attached hydrogens (tertiary/aromatic N) is 2. The number of halogens is 2. The molecule has 4 nitrogen and oxygen atoms in total. The lowest BCUT2D eigenvalue weighted by Crippen LogP contribution is -2.15. The molecule has 102 valence electrons. The van der Waals surface area contributed by atoms with E-state index in [9.17, 15) is 4.79 Å². The van der Waals surface area contributed by atoms with E-state index in [-0.39, 0.29) is 24.2 Å². The first-order valence-corrected chi connectivity index (χ1v) is 6.13. The van der Waals surface area contributed by atoms with Crippen molar-refractivity contribution in [1.82, 2.24) is 9.78 Å². The van der Waals surface area contributed by atoms with Gasteiger partial charge in [0, 0.05) is 6.07 Å². The van der Waals surface area contributed by atoms with Gasteiger partial charge in [0.25, 0.3) is 0 Å². The van der Waals surface area contributed by atoms with E-state index in [0.29, 0.717) is 5.82 Å². The normalized spacial score (nSPS) is 9.84. The number of aromatic nitrogens is 2. The van der Waals surface area contributed by atoms with Crippen molar-refractivity contribution in [2.75, 3.05) is 11.2 Å². The fraction of sp³-hybridized carbons (Fsp3) is 0.231. The molecule has 2 rings (SSSR count). The number of rotatable bonds is 3. The first-order valence-electron chi connectivity index (χ1n) is 5.59. The van der Waals surface area contributed by atoms with Gasteiger partial charge >= 0.3 is 0 Å². The van der Waals surface area contributed by atoms with Crippen molar-refractivity contribution in [2.24, 2.45) is 0 Å². The largest absolute Gasteiger partial charge is 0.310 e. The summed E-state index contributed by atoms with van der Waals surface area (Å²) in [5.41, 5.74) is 2.91. The maximum absolute atomic E-state index is 11.3. The van der Waals surface area contributed by atoms with E-state index < -0.39 is 0 Å². The Morgan fingerprint density at radius 2 is 1.95 bits per heavy atom. The van der Waals surface area contributed by atoms with Crippen LogP contribution in [-0.2, 0) is 4.79 Å². The zero-order chi connectivity index (χ0) is 13.1. The van der Waals surface area contributed by atoms with Gasteiger partial charge in [-0.05, 0) is 26.0 Å². The smallest absolute Gasteiger partial charge is 0.240 e. The monoisotopic (exact) mass is 299 g/mol. The lowest BCUT2D eigenvalue weighted by Gasteiger charge is -2.08. The number of nitrogens with one attached hydrogen (secondary N) is 1. The molecule has 0 saturated carbocycles. The molecule has 1 aromatic carbocycles. The highest BCUT2D eigenvalue weighted by molar-refractivity contribution is 6.29. The third kappa shape index (κ3) is 3.72. The van der Waals surface area contributed by atoms with Crippen LogP contribution in [0.3, 0.4) is 0 Å². The molecule has 0 aliphatic rings. The minimum absolute atomic E-state index is 0. The maximum atomic E-state index is 11.3. The maximum Gasteiger partial charge on any atom is 0.240 e. The average molecular weight is 300 g/mol. The van der Waals surface area contributed by atoms with E-state index in [1.54, 1.807) is 4.68 Å². The van der Waals surface area contributed by atoms with Crippen LogP contribution in [0.5, 0.6) is 0 Å². The van der Waals surface area contributed by atoms with Gasteiger partial charge in [0.2, 0.25) is 5.91 Å². The van der Waals surface area contributed by atoms with Gasteiger partial charge in [-0.2, -0.15) is 5.10 Å². The summed E-state index contributed by atoms with van der Waals surface area (Å²) in [6.07, 6.45) is 0. The summed E-state index contributed by atoms with van der Waals surface area (Å²) in [5, 5.41) is 7.08. The summed E-state index contributed by atoms with van der Waals surface area (Å²) in [6.45, 7) is 3.90. The van der Waals surface area contributed by atoms with Gasteiger partial charge in [0.1, 0.15) is 11.7 Å². The highest BCUT2D eigenvalue weighted by atomic mass is 35.5. The lowest BCUT2D eigenvalue weighted by atomic mass is 10.2. The minimum Gasteiger partial charge on any atom is -0.310 e. The molecule has 0 aliphatic heterocycles. The number of hydrogen-bond acceptors (Lipinski definition) is 2. The molecule has 19 heavy (non-hydrogen) atoms. The summed E-state index contributed by atoms with van der Waals surface area (Å²) in [7, 11) is 0. The average Bonchev–Trinajstić information content (AvgIpc) is 2.71. The first-order chi connectivity index (χ1) is 8.60. The SMILES string of the molecule is Cc1ccc(-n2nc(C)cc2NC(=O)CCl)cc1.Cl. The molecular formula is C13H15Cl2N3O. The van der Waals surface area contributed by atoms with E-state index in [2.05, 4.69) is 10.4 Å². The number of amides is 1. The highest BCUT2D eigenvalue weighted by Gasteiger charge is 2.09. The summed E-state index contributed by atoms with van der Waals surface area (Å²) in [4.78, 5) is 11.3. The second kappa shape index (κ2) is 6.59. The van der Waals surface area contributed by atoms with E-state index in [4.69, 9.17) is 11.6 Å². The number of anilines is 1. The second-order valence-corrected chi connectivity index (χ2v) is 4.37. The molecule has 1 amide bonds. The third-order valence-corrected chi connectivity index (χ3v) is 2.74. The molecule has 0 bridgehead atoms. The van der Waals surface area contributed by atoms with Crippen LogP contribution in [0.4, 0.5) is 5.82 Å². The highest BCUT2D eigenvalue weighted by Crippen LogP contribution is 2.17. The molecule has 0 spiro atoms. The zero-order valence-electron chi connectivity index (χ0n) is 10.7. The fourth-order valence-electron chi connectivity index (χ4n) is 1.65. The van der Waals surface area contributed by atoms with Crippen molar-refractivity contribution in [3.05, 3.63) is 41.6 Å². The first kappa shape index (κ1) is 15.5. The molecule has 1 N–H and O–H groups in total. The van der Waals surface area contributed by atoms with Crippen molar-refractivity contribution in [1.29, 1.82) is 0 Å². The van der Waals surface area contributed by atoms with E-state index in [1.807, 2.05) is 44.2 Å². The Hall–Kier alpha value is -1.52. The van der Waals surface area contributed by atoms with Crippen LogP contribution in [0.15, 0.2) is 30.3 Å². The van der Waals surface area contributed by atoms with Crippen LogP contribution < -0.4 is 5.32 Å². The minimum atomic E-state index is -0.245. The Kier molecular flexibility index (Phi) is 5.39. The van der Waals surface area contributed by atoms with E-state index in [0.717, 1.165) is 11.4 Å². The lowest BCUT2D eigenvalue weighted by molar-refractivity contribution is -0.113. The third-order valence-electron chi connectivity index (χ3n) is 2.50. The van der Waals surface area contributed by atoms with Gasteiger partial charge in [-0.1, -0.05) is 17.7 Å². The fourth-order valence-corrected chi connectivity index (χ4v) is 1.71. The quantitative estimate of drug-likeness (QED) is 0.885. The molecule has 1 aromatic heterocycles. The Labute approximate surface area is 123 Å². The predicted octanol–water partition coefficient (Wildman–Crippen LogP) is 3.09. The summed E-state index contributed by atoms with van der Waals surface area (Å²) >= 11 is 5.49. The van der Waals surface area contributed by atoms with Crippen LogP contribution >= 0.6 is 24.0 Å². The molecule has 0 fully saturated rings. The van der Waals surface area contributed by atoms with Crippen molar-refractivity contribution in [3.8, 4) is 5.69 Å². The van der Waals surface area contributed by atoms with Gasteiger partial charge in [0.05, 0.1) is 11.4 Å². The van der Waals surface area contributed by atoms with Crippen molar-refractivity contribution >= 4 is 35.7 Å².